The zero-order valence-corrected chi connectivity index (χ0v) is 22.5. The predicted molar refractivity (Wildman–Crippen MR) is 155 cm³/mol. The van der Waals surface area contributed by atoms with Gasteiger partial charge in [0.2, 0.25) is 11.8 Å². The molecule has 6 rings (SSSR count). The number of aryl methyl sites for hydroxylation is 1. The molecule has 41 heavy (non-hydrogen) atoms. The Balaban J connectivity index is 1.35. The van der Waals surface area contributed by atoms with E-state index >= 15 is 0 Å². The summed E-state index contributed by atoms with van der Waals surface area (Å²) in [6.45, 7) is 3.36. The number of benzene rings is 3. The fourth-order valence-corrected chi connectivity index (χ4v) is 5.40. The Morgan fingerprint density at radius 2 is 1.88 bits per heavy atom. The lowest BCUT2D eigenvalue weighted by molar-refractivity contribution is -0.384. The van der Waals surface area contributed by atoms with Gasteiger partial charge < -0.3 is 15.2 Å². The van der Waals surface area contributed by atoms with Crippen LogP contribution in [0, 0.1) is 17.0 Å². The molecule has 0 radical (unpaired) electrons. The van der Waals surface area contributed by atoms with Crippen LogP contribution in [0.15, 0.2) is 77.9 Å². The largest absolute Gasteiger partial charge is 0.342 e. The molecule has 1 atom stereocenters. The van der Waals surface area contributed by atoms with E-state index in [4.69, 9.17) is 4.99 Å². The molecule has 1 unspecified atom stereocenters. The van der Waals surface area contributed by atoms with Gasteiger partial charge in [0, 0.05) is 42.9 Å². The van der Waals surface area contributed by atoms with Crippen LogP contribution >= 0.6 is 0 Å². The second-order valence-corrected chi connectivity index (χ2v) is 10.3. The van der Waals surface area contributed by atoms with Crippen molar-refractivity contribution >= 4 is 34.6 Å². The summed E-state index contributed by atoms with van der Waals surface area (Å²) >= 11 is 0. The fourth-order valence-electron chi connectivity index (χ4n) is 5.40. The molecule has 0 bridgehead atoms. The highest BCUT2D eigenvalue weighted by Crippen LogP contribution is 2.38. The molecule has 0 spiro atoms. The van der Waals surface area contributed by atoms with Crippen molar-refractivity contribution in [1.82, 2.24) is 14.9 Å². The van der Waals surface area contributed by atoms with Crippen LogP contribution in [0.5, 0.6) is 0 Å². The van der Waals surface area contributed by atoms with Crippen molar-refractivity contribution in [1.29, 1.82) is 0 Å². The molecule has 10 nitrogen and oxygen atoms in total. The van der Waals surface area contributed by atoms with Gasteiger partial charge >= 0.3 is 0 Å². The Labute approximate surface area is 236 Å². The van der Waals surface area contributed by atoms with E-state index in [1.54, 1.807) is 12.3 Å². The van der Waals surface area contributed by atoms with Crippen molar-refractivity contribution in [2.45, 2.75) is 32.1 Å². The number of nitrogens with one attached hydrogen (secondary N) is 2. The molecule has 206 valence electrons. The smallest absolute Gasteiger partial charge is 0.269 e. The Kier molecular flexibility index (Phi) is 6.88. The standard InChI is InChI=1S/C31H28N6O4/c1-19-32-18-27(33-19)21-8-10-23(11-9-21)34-30(29-25-17-24(37(40)41)12-13-26(25)35-31(29)39)22-6-4-20(5-7-22)14-16-36-15-2-3-28(36)38/h4-13,17-18,29H,2-3,14-16H2,1H3,(H,32,33)(H,35,39). The summed E-state index contributed by atoms with van der Waals surface area (Å²) in [6, 6.07) is 19.8. The summed E-state index contributed by atoms with van der Waals surface area (Å²) in [5.41, 5.74) is 5.75. The van der Waals surface area contributed by atoms with Gasteiger partial charge in [0.05, 0.1) is 28.2 Å². The van der Waals surface area contributed by atoms with E-state index in [-0.39, 0.29) is 17.5 Å². The normalized spacial score (nSPS) is 16.7. The number of nitro groups is 1. The summed E-state index contributed by atoms with van der Waals surface area (Å²) in [4.78, 5) is 50.6. The van der Waals surface area contributed by atoms with Gasteiger partial charge in [-0.25, -0.2) is 4.98 Å². The number of anilines is 1. The Hall–Kier alpha value is -5.12. The predicted octanol–water partition coefficient (Wildman–Crippen LogP) is 5.31. The van der Waals surface area contributed by atoms with Gasteiger partial charge in [-0.2, -0.15) is 0 Å². The maximum atomic E-state index is 13.3. The summed E-state index contributed by atoms with van der Waals surface area (Å²) in [7, 11) is 0. The Bertz CT molecular complexity index is 1670. The van der Waals surface area contributed by atoms with Crippen LogP contribution in [0.25, 0.3) is 11.3 Å². The topological polar surface area (TPSA) is 134 Å². The van der Waals surface area contributed by atoms with Crippen molar-refractivity contribution in [2.24, 2.45) is 4.99 Å². The molecular formula is C31H28N6O4. The van der Waals surface area contributed by atoms with Gasteiger partial charge in [0.25, 0.3) is 5.69 Å². The number of hydrogen-bond donors (Lipinski definition) is 2. The van der Waals surface area contributed by atoms with Crippen LogP contribution in [0.2, 0.25) is 0 Å². The van der Waals surface area contributed by atoms with Crippen molar-refractivity contribution in [3.63, 3.8) is 0 Å². The minimum absolute atomic E-state index is 0.0874. The number of hydrogen-bond acceptors (Lipinski definition) is 6. The quantitative estimate of drug-likeness (QED) is 0.175. The third-order valence-electron chi connectivity index (χ3n) is 7.57. The maximum absolute atomic E-state index is 13.3. The summed E-state index contributed by atoms with van der Waals surface area (Å²) in [5, 5.41) is 14.4. The molecule has 2 amide bonds. The molecule has 2 aliphatic heterocycles. The van der Waals surface area contributed by atoms with Crippen molar-refractivity contribution < 1.29 is 14.5 Å². The molecule has 0 aliphatic carbocycles. The maximum Gasteiger partial charge on any atom is 0.269 e. The third-order valence-corrected chi connectivity index (χ3v) is 7.57. The molecule has 1 fully saturated rings. The Morgan fingerprint density at radius 1 is 1.10 bits per heavy atom. The summed E-state index contributed by atoms with van der Waals surface area (Å²) < 4.78 is 0. The average molecular weight is 549 g/mol. The molecule has 0 saturated carbocycles. The number of nitrogens with zero attached hydrogens (tertiary/aromatic N) is 4. The second kappa shape index (κ2) is 10.8. The number of carbonyl (C=O) groups is 2. The van der Waals surface area contributed by atoms with Crippen LogP contribution in [0.1, 0.15) is 41.3 Å². The first kappa shape index (κ1) is 26.1. The first-order valence-corrected chi connectivity index (χ1v) is 13.5. The highest BCUT2D eigenvalue weighted by Gasteiger charge is 2.36. The van der Waals surface area contributed by atoms with Crippen LogP contribution < -0.4 is 5.32 Å². The SMILES string of the molecule is Cc1ncc(-c2ccc(N=C(c3ccc(CCN4CCCC4=O)cc3)C3C(=O)Nc4ccc([N+](=O)[O-])cc43)cc2)[nH]1. The number of aliphatic imine (C=N–C) groups is 1. The number of fused-ring (bicyclic) bond motifs is 1. The summed E-state index contributed by atoms with van der Waals surface area (Å²) in [6.07, 6.45) is 4.02. The average Bonchev–Trinajstić information content (AvgIpc) is 3.68. The van der Waals surface area contributed by atoms with E-state index in [1.165, 1.54) is 12.1 Å². The zero-order valence-electron chi connectivity index (χ0n) is 22.5. The first-order valence-electron chi connectivity index (χ1n) is 13.5. The van der Waals surface area contributed by atoms with Gasteiger partial charge in [-0.05, 0) is 54.7 Å². The van der Waals surface area contributed by atoms with Crippen LogP contribution in [0.4, 0.5) is 17.1 Å². The lowest BCUT2D eigenvalue weighted by Crippen LogP contribution is -2.26. The second-order valence-electron chi connectivity index (χ2n) is 10.3. The summed E-state index contributed by atoms with van der Waals surface area (Å²) in [5.74, 6) is -0.0991. The molecule has 2 aliphatic rings. The number of amides is 2. The number of carbonyl (C=O) groups excluding carboxylic acids is 2. The number of likely N-dealkylation sites (tertiary alicyclic amines) is 1. The third kappa shape index (κ3) is 5.36. The highest BCUT2D eigenvalue weighted by atomic mass is 16.6. The van der Waals surface area contributed by atoms with Gasteiger partial charge in [-0.3, -0.25) is 24.7 Å². The van der Waals surface area contributed by atoms with E-state index in [2.05, 4.69) is 15.3 Å². The van der Waals surface area contributed by atoms with Crippen molar-refractivity contribution in [3.05, 3.63) is 106 Å². The van der Waals surface area contributed by atoms with Gasteiger partial charge in [0.15, 0.2) is 0 Å². The minimum Gasteiger partial charge on any atom is -0.342 e. The van der Waals surface area contributed by atoms with Crippen LogP contribution in [-0.4, -0.2) is 50.4 Å². The molecule has 2 N–H and O–H groups in total. The van der Waals surface area contributed by atoms with E-state index in [1.807, 2.05) is 60.4 Å². The molecule has 4 aromatic rings. The van der Waals surface area contributed by atoms with E-state index < -0.39 is 10.8 Å². The van der Waals surface area contributed by atoms with Crippen LogP contribution in [-0.2, 0) is 16.0 Å². The zero-order chi connectivity index (χ0) is 28.5. The van der Waals surface area contributed by atoms with Gasteiger partial charge in [-0.1, -0.05) is 36.4 Å². The molecule has 10 heteroatoms. The van der Waals surface area contributed by atoms with Crippen molar-refractivity contribution in [3.8, 4) is 11.3 Å². The number of imidazole rings is 1. The van der Waals surface area contributed by atoms with E-state index in [9.17, 15) is 19.7 Å². The molecular weight excluding hydrogens is 520 g/mol. The van der Waals surface area contributed by atoms with Gasteiger partial charge in [-0.15, -0.1) is 0 Å². The fraction of sp³-hybridized carbons (Fsp3) is 0.226. The minimum atomic E-state index is -0.826. The number of aromatic amines is 1. The molecule has 1 aromatic heterocycles. The molecule has 1 saturated heterocycles. The highest BCUT2D eigenvalue weighted by molar-refractivity contribution is 6.24. The van der Waals surface area contributed by atoms with E-state index in [0.29, 0.717) is 35.6 Å². The number of nitro benzene ring substituents is 1. The number of rotatable bonds is 8. The lowest BCUT2D eigenvalue weighted by Gasteiger charge is -2.16. The number of H-pyrrole nitrogens is 1. The first-order chi connectivity index (χ1) is 19.9. The van der Waals surface area contributed by atoms with Gasteiger partial charge in [0.1, 0.15) is 11.7 Å². The number of aromatic nitrogens is 2. The Morgan fingerprint density at radius 3 is 2.54 bits per heavy atom. The molecule has 3 aromatic carbocycles. The molecule has 3 heterocycles. The number of non-ortho nitro benzene ring substituents is 1. The van der Waals surface area contributed by atoms with Crippen molar-refractivity contribution in [2.75, 3.05) is 18.4 Å². The van der Waals surface area contributed by atoms with Crippen LogP contribution in [0.3, 0.4) is 0 Å². The monoisotopic (exact) mass is 548 g/mol. The van der Waals surface area contributed by atoms with E-state index in [0.717, 1.165) is 47.6 Å². The lowest BCUT2D eigenvalue weighted by atomic mass is 9.90.